The Hall–Kier alpha value is -2.48. The summed E-state index contributed by atoms with van der Waals surface area (Å²) in [5, 5.41) is 12.7. The van der Waals surface area contributed by atoms with Crippen LogP contribution in [0.4, 0.5) is 5.69 Å². The molecule has 118 valence electrons. The van der Waals surface area contributed by atoms with E-state index in [4.69, 9.17) is 0 Å². The summed E-state index contributed by atoms with van der Waals surface area (Å²) in [6.07, 6.45) is 3.10. The largest absolute Gasteiger partial charge is 0.465 e. The molecule has 8 nitrogen and oxygen atoms in total. The first-order valence-electron chi connectivity index (χ1n) is 6.95. The fourth-order valence-electron chi connectivity index (χ4n) is 2.30. The molecular weight excluding hydrogens is 290 g/mol. The molecule has 0 aliphatic carbocycles. The van der Waals surface area contributed by atoms with Crippen molar-refractivity contribution >= 4 is 17.6 Å². The van der Waals surface area contributed by atoms with Gasteiger partial charge in [-0.25, -0.2) is 9.80 Å². The zero-order chi connectivity index (χ0) is 16.1. The quantitative estimate of drug-likeness (QED) is 0.514. The monoisotopic (exact) mass is 307 g/mol. The molecular formula is C14H17N3O5. The minimum Gasteiger partial charge on any atom is -0.465 e. The molecule has 1 aromatic rings. The van der Waals surface area contributed by atoms with Gasteiger partial charge in [0.15, 0.2) is 0 Å². The number of amides is 1. The zero-order valence-electron chi connectivity index (χ0n) is 12.2. The number of nitro groups is 1. The van der Waals surface area contributed by atoms with Crippen molar-refractivity contribution in [1.29, 1.82) is 0 Å². The minimum atomic E-state index is -0.726. The highest BCUT2D eigenvalue weighted by molar-refractivity contribution is 5.98. The van der Waals surface area contributed by atoms with Gasteiger partial charge in [-0.05, 0) is 18.9 Å². The highest BCUT2D eigenvalue weighted by Crippen LogP contribution is 2.18. The molecule has 0 aromatic heterocycles. The lowest BCUT2D eigenvalue weighted by Crippen LogP contribution is -2.45. The Morgan fingerprint density at radius 3 is 2.41 bits per heavy atom. The van der Waals surface area contributed by atoms with Crippen molar-refractivity contribution in [2.75, 3.05) is 20.2 Å². The van der Waals surface area contributed by atoms with Gasteiger partial charge >= 0.3 is 5.97 Å². The van der Waals surface area contributed by atoms with E-state index in [0.717, 1.165) is 44.5 Å². The summed E-state index contributed by atoms with van der Waals surface area (Å²) < 4.78 is 4.55. The second kappa shape index (κ2) is 6.99. The molecule has 0 unspecified atom stereocenters. The first-order valence-corrected chi connectivity index (χ1v) is 6.95. The molecule has 1 N–H and O–H groups in total. The van der Waals surface area contributed by atoms with Gasteiger partial charge in [-0.15, -0.1) is 0 Å². The van der Waals surface area contributed by atoms with Crippen molar-refractivity contribution in [2.45, 2.75) is 19.3 Å². The summed E-state index contributed by atoms with van der Waals surface area (Å²) in [6.45, 7) is 1.48. The highest BCUT2D eigenvalue weighted by Gasteiger charge is 2.20. The molecule has 1 aliphatic rings. The van der Waals surface area contributed by atoms with E-state index in [9.17, 15) is 19.7 Å². The third-order valence-corrected chi connectivity index (χ3v) is 3.43. The van der Waals surface area contributed by atoms with Crippen LogP contribution in [0.2, 0.25) is 0 Å². The van der Waals surface area contributed by atoms with Gasteiger partial charge in [0, 0.05) is 30.8 Å². The second-order valence-electron chi connectivity index (χ2n) is 5.01. The van der Waals surface area contributed by atoms with E-state index in [0.29, 0.717) is 0 Å². The molecule has 1 amide bonds. The van der Waals surface area contributed by atoms with E-state index in [-0.39, 0.29) is 16.8 Å². The molecule has 0 saturated carbocycles. The molecule has 1 saturated heterocycles. The summed E-state index contributed by atoms with van der Waals surface area (Å²) in [7, 11) is 1.18. The molecule has 22 heavy (non-hydrogen) atoms. The van der Waals surface area contributed by atoms with E-state index in [2.05, 4.69) is 10.2 Å². The van der Waals surface area contributed by atoms with Gasteiger partial charge < -0.3 is 4.74 Å². The molecule has 8 heteroatoms. The molecule has 1 fully saturated rings. The van der Waals surface area contributed by atoms with E-state index in [1.807, 2.05) is 0 Å². The highest BCUT2D eigenvalue weighted by atomic mass is 16.6. The third-order valence-electron chi connectivity index (χ3n) is 3.43. The number of esters is 1. The summed E-state index contributed by atoms with van der Waals surface area (Å²) in [4.78, 5) is 34.1. The Bertz CT molecular complexity index is 596. The lowest BCUT2D eigenvalue weighted by molar-refractivity contribution is -0.384. The number of nitro benzene ring substituents is 1. The van der Waals surface area contributed by atoms with Gasteiger partial charge in [-0.1, -0.05) is 6.42 Å². The van der Waals surface area contributed by atoms with Crippen molar-refractivity contribution in [1.82, 2.24) is 10.4 Å². The fourth-order valence-corrected chi connectivity index (χ4v) is 2.30. The first-order chi connectivity index (χ1) is 10.5. The number of carbonyl (C=O) groups is 2. The molecule has 0 bridgehead atoms. The number of hydrogen-bond acceptors (Lipinski definition) is 6. The predicted molar refractivity (Wildman–Crippen MR) is 77.3 cm³/mol. The number of rotatable bonds is 4. The van der Waals surface area contributed by atoms with E-state index in [1.165, 1.54) is 13.2 Å². The van der Waals surface area contributed by atoms with Crippen LogP contribution in [0.1, 0.15) is 40.0 Å². The topological polar surface area (TPSA) is 102 Å². The maximum atomic E-state index is 12.2. The Balaban J connectivity index is 2.24. The number of hydrogen-bond donors (Lipinski definition) is 1. The Morgan fingerprint density at radius 1 is 1.18 bits per heavy atom. The van der Waals surface area contributed by atoms with E-state index >= 15 is 0 Å². The van der Waals surface area contributed by atoms with Crippen molar-refractivity contribution in [3.63, 3.8) is 0 Å². The lowest BCUT2D eigenvalue weighted by atomic mass is 10.1. The van der Waals surface area contributed by atoms with Crippen LogP contribution < -0.4 is 5.43 Å². The van der Waals surface area contributed by atoms with E-state index in [1.54, 1.807) is 5.01 Å². The molecule has 0 radical (unpaired) electrons. The van der Waals surface area contributed by atoms with Crippen molar-refractivity contribution in [3.8, 4) is 0 Å². The number of nitrogens with one attached hydrogen (secondary N) is 1. The molecule has 0 atom stereocenters. The van der Waals surface area contributed by atoms with Crippen LogP contribution in [-0.2, 0) is 4.74 Å². The average molecular weight is 307 g/mol. The van der Waals surface area contributed by atoms with Crippen LogP contribution in [0.25, 0.3) is 0 Å². The fraction of sp³-hybridized carbons (Fsp3) is 0.429. The van der Waals surface area contributed by atoms with E-state index < -0.39 is 16.8 Å². The first kappa shape index (κ1) is 15.9. The average Bonchev–Trinajstić information content (AvgIpc) is 2.54. The van der Waals surface area contributed by atoms with Crippen LogP contribution in [0.15, 0.2) is 18.2 Å². The number of hydrazine groups is 1. The number of methoxy groups -OCH3 is 1. The second-order valence-corrected chi connectivity index (χ2v) is 5.01. The number of nitrogens with zero attached hydrogens (tertiary/aromatic N) is 2. The van der Waals surface area contributed by atoms with Crippen LogP contribution >= 0.6 is 0 Å². The SMILES string of the molecule is COC(=O)c1cc(C(=O)NN2CCCCC2)cc([N+](=O)[O-])c1. The van der Waals surface area contributed by atoms with Gasteiger partial charge in [-0.3, -0.25) is 20.3 Å². The standard InChI is InChI=1S/C14H17N3O5/c1-22-14(19)11-7-10(8-12(9-11)17(20)21)13(18)15-16-5-3-2-4-6-16/h7-9H,2-6H2,1H3,(H,15,18). The van der Waals surface area contributed by atoms with Crippen molar-refractivity contribution in [3.05, 3.63) is 39.4 Å². The zero-order valence-corrected chi connectivity index (χ0v) is 12.2. The number of piperidine rings is 1. The van der Waals surface area contributed by atoms with Crippen molar-refractivity contribution in [2.24, 2.45) is 0 Å². The maximum absolute atomic E-state index is 12.2. The van der Waals surface area contributed by atoms with Gasteiger partial charge in [0.25, 0.3) is 11.6 Å². The number of carbonyl (C=O) groups excluding carboxylic acids is 2. The molecule has 0 spiro atoms. The van der Waals surface area contributed by atoms with Crippen LogP contribution in [-0.4, -0.2) is 42.0 Å². The Morgan fingerprint density at radius 2 is 1.82 bits per heavy atom. The van der Waals surface area contributed by atoms with Crippen LogP contribution in [0.3, 0.4) is 0 Å². The predicted octanol–water partition coefficient (Wildman–Crippen LogP) is 1.51. The number of ether oxygens (including phenoxy) is 1. The Labute approximate surface area is 127 Å². The maximum Gasteiger partial charge on any atom is 0.338 e. The number of benzene rings is 1. The molecule has 1 heterocycles. The summed E-state index contributed by atoms with van der Waals surface area (Å²) >= 11 is 0. The summed E-state index contributed by atoms with van der Waals surface area (Å²) in [6, 6.07) is 3.52. The van der Waals surface area contributed by atoms with Crippen LogP contribution in [0.5, 0.6) is 0 Å². The number of non-ortho nitro benzene ring substituents is 1. The molecule has 2 rings (SSSR count). The molecule has 1 aliphatic heterocycles. The van der Waals surface area contributed by atoms with Gasteiger partial charge in [0.05, 0.1) is 17.6 Å². The van der Waals surface area contributed by atoms with Crippen molar-refractivity contribution < 1.29 is 19.2 Å². The lowest BCUT2D eigenvalue weighted by Gasteiger charge is -2.26. The Kier molecular flexibility index (Phi) is 5.05. The molecule has 1 aromatic carbocycles. The summed E-state index contributed by atoms with van der Waals surface area (Å²) in [5.41, 5.74) is 2.41. The third kappa shape index (κ3) is 3.79. The minimum absolute atomic E-state index is 0.0273. The van der Waals surface area contributed by atoms with Gasteiger partial charge in [0.1, 0.15) is 0 Å². The van der Waals surface area contributed by atoms with Gasteiger partial charge in [-0.2, -0.15) is 0 Å². The smallest absolute Gasteiger partial charge is 0.338 e. The van der Waals surface area contributed by atoms with Gasteiger partial charge in [0.2, 0.25) is 0 Å². The van der Waals surface area contributed by atoms with Crippen LogP contribution in [0, 0.1) is 10.1 Å². The normalized spacial score (nSPS) is 15.1. The summed E-state index contributed by atoms with van der Waals surface area (Å²) in [5.74, 6) is -1.20.